The number of likely N-dealkylation sites (N-methyl/N-ethyl adjacent to an activating group) is 2. The molecular weight excluding hydrogens is 306 g/mol. The van der Waals surface area contributed by atoms with Gasteiger partial charge in [0.1, 0.15) is 5.01 Å². The minimum absolute atomic E-state index is 0.223. The van der Waals surface area contributed by atoms with Gasteiger partial charge in [0, 0.05) is 13.1 Å². The van der Waals surface area contributed by atoms with Crippen molar-refractivity contribution in [1.82, 2.24) is 14.8 Å². The van der Waals surface area contributed by atoms with Crippen LogP contribution in [0.25, 0.3) is 10.2 Å². The largest absolute Gasteiger partial charge is 0.342 e. The van der Waals surface area contributed by atoms with E-state index in [-0.39, 0.29) is 5.91 Å². The average molecular weight is 331 g/mol. The van der Waals surface area contributed by atoms with Crippen molar-refractivity contribution < 1.29 is 4.79 Å². The Labute approximate surface area is 142 Å². The van der Waals surface area contributed by atoms with Crippen LogP contribution in [-0.4, -0.2) is 47.4 Å². The topological polar surface area (TPSA) is 36.4 Å². The Morgan fingerprint density at radius 2 is 1.96 bits per heavy atom. The van der Waals surface area contributed by atoms with Crippen LogP contribution in [0.3, 0.4) is 0 Å². The highest BCUT2D eigenvalue weighted by Gasteiger charge is 2.22. The summed E-state index contributed by atoms with van der Waals surface area (Å²) in [5, 5.41) is 1.07. The zero-order chi connectivity index (χ0) is 16.2. The first-order chi connectivity index (χ1) is 11.1. The monoisotopic (exact) mass is 331 g/mol. The first-order valence-electron chi connectivity index (χ1n) is 8.42. The van der Waals surface area contributed by atoms with Crippen molar-refractivity contribution in [3.8, 4) is 0 Å². The van der Waals surface area contributed by atoms with E-state index in [1.807, 2.05) is 37.2 Å². The molecule has 1 aliphatic rings. The molecular formula is C18H25N3OS. The standard InChI is InChI=1S/C18H25N3OS/c1-20(12-17-19-15-10-6-7-11-16(15)23-17)13-18(22)21(2)14-8-4-3-5-9-14/h6-7,10-11,14H,3-5,8-9,12-13H2,1-2H3. The Bertz CT molecular complexity index is 630. The molecule has 124 valence electrons. The second-order valence-electron chi connectivity index (χ2n) is 6.54. The van der Waals surface area contributed by atoms with Gasteiger partial charge in [0.25, 0.3) is 0 Å². The van der Waals surface area contributed by atoms with Gasteiger partial charge in [-0.2, -0.15) is 0 Å². The number of fused-ring (bicyclic) bond motifs is 1. The second kappa shape index (κ2) is 7.41. The van der Waals surface area contributed by atoms with Crippen LogP contribution in [0.5, 0.6) is 0 Å². The summed E-state index contributed by atoms with van der Waals surface area (Å²) < 4.78 is 1.21. The SMILES string of the molecule is CN(CC(=O)N(C)C1CCCCC1)Cc1nc2ccccc2s1. The van der Waals surface area contributed by atoms with Crippen molar-refractivity contribution in [2.24, 2.45) is 0 Å². The van der Waals surface area contributed by atoms with E-state index in [0.29, 0.717) is 12.6 Å². The molecule has 1 fully saturated rings. The second-order valence-corrected chi connectivity index (χ2v) is 7.66. The highest BCUT2D eigenvalue weighted by atomic mass is 32.1. The summed E-state index contributed by atoms with van der Waals surface area (Å²) in [6.07, 6.45) is 6.14. The van der Waals surface area contributed by atoms with Gasteiger partial charge in [-0.3, -0.25) is 9.69 Å². The maximum Gasteiger partial charge on any atom is 0.236 e. The summed E-state index contributed by atoms with van der Waals surface area (Å²) in [6, 6.07) is 8.62. The molecule has 4 nitrogen and oxygen atoms in total. The van der Waals surface area contributed by atoms with Gasteiger partial charge in [-0.05, 0) is 32.0 Å². The van der Waals surface area contributed by atoms with E-state index < -0.39 is 0 Å². The van der Waals surface area contributed by atoms with Crippen LogP contribution in [0.15, 0.2) is 24.3 Å². The molecule has 1 heterocycles. The van der Waals surface area contributed by atoms with Crippen molar-refractivity contribution in [1.29, 1.82) is 0 Å². The maximum absolute atomic E-state index is 12.5. The van der Waals surface area contributed by atoms with Gasteiger partial charge in [0.2, 0.25) is 5.91 Å². The number of rotatable bonds is 5. The van der Waals surface area contributed by atoms with E-state index in [1.165, 1.54) is 24.0 Å². The van der Waals surface area contributed by atoms with Gasteiger partial charge in [0.05, 0.1) is 23.3 Å². The normalized spacial score (nSPS) is 16.1. The molecule has 1 aromatic heterocycles. The zero-order valence-electron chi connectivity index (χ0n) is 14.0. The number of aromatic nitrogens is 1. The molecule has 2 aromatic rings. The zero-order valence-corrected chi connectivity index (χ0v) is 14.8. The molecule has 0 atom stereocenters. The maximum atomic E-state index is 12.5. The van der Waals surface area contributed by atoms with Crippen LogP contribution in [0.2, 0.25) is 0 Å². The number of hydrogen-bond donors (Lipinski definition) is 0. The first kappa shape index (κ1) is 16.4. The molecule has 1 saturated carbocycles. The molecule has 0 spiro atoms. The van der Waals surface area contributed by atoms with Gasteiger partial charge in [-0.25, -0.2) is 4.98 Å². The number of nitrogens with zero attached hydrogens (tertiary/aromatic N) is 3. The minimum Gasteiger partial charge on any atom is -0.342 e. The lowest BCUT2D eigenvalue weighted by Gasteiger charge is -2.32. The predicted octanol–water partition coefficient (Wildman–Crippen LogP) is 3.52. The van der Waals surface area contributed by atoms with Gasteiger partial charge in [-0.15, -0.1) is 11.3 Å². The number of amides is 1. The van der Waals surface area contributed by atoms with E-state index in [0.717, 1.165) is 29.9 Å². The molecule has 23 heavy (non-hydrogen) atoms. The predicted molar refractivity (Wildman–Crippen MR) is 95.6 cm³/mol. The third-order valence-electron chi connectivity index (χ3n) is 4.66. The quantitative estimate of drug-likeness (QED) is 0.841. The van der Waals surface area contributed by atoms with Crippen molar-refractivity contribution in [2.45, 2.75) is 44.7 Å². The van der Waals surface area contributed by atoms with E-state index in [4.69, 9.17) is 0 Å². The number of carbonyl (C=O) groups is 1. The summed E-state index contributed by atoms with van der Waals surface area (Å²) in [4.78, 5) is 21.2. The van der Waals surface area contributed by atoms with Crippen molar-refractivity contribution in [3.63, 3.8) is 0 Å². The fraction of sp³-hybridized carbons (Fsp3) is 0.556. The van der Waals surface area contributed by atoms with Crippen LogP contribution in [0.1, 0.15) is 37.1 Å². The molecule has 0 bridgehead atoms. The van der Waals surface area contributed by atoms with Crippen LogP contribution in [-0.2, 0) is 11.3 Å². The fourth-order valence-electron chi connectivity index (χ4n) is 3.29. The Morgan fingerprint density at radius 1 is 1.22 bits per heavy atom. The Balaban J connectivity index is 1.55. The highest BCUT2D eigenvalue weighted by Crippen LogP contribution is 2.23. The third-order valence-corrected chi connectivity index (χ3v) is 5.69. The first-order valence-corrected chi connectivity index (χ1v) is 9.24. The smallest absolute Gasteiger partial charge is 0.236 e. The van der Waals surface area contributed by atoms with Crippen molar-refractivity contribution >= 4 is 27.5 Å². The van der Waals surface area contributed by atoms with Crippen LogP contribution < -0.4 is 0 Å². The van der Waals surface area contributed by atoms with Crippen LogP contribution in [0, 0.1) is 0 Å². The van der Waals surface area contributed by atoms with Crippen LogP contribution in [0.4, 0.5) is 0 Å². The lowest BCUT2D eigenvalue weighted by atomic mass is 9.94. The molecule has 1 amide bonds. The molecule has 0 unspecified atom stereocenters. The summed E-state index contributed by atoms with van der Waals surface area (Å²) in [5.74, 6) is 0.223. The summed E-state index contributed by atoms with van der Waals surface area (Å²) >= 11 is 1.71. The summed E-state index contributed by atoms with van der Waals surface area (Å²) in [5.41, 5.74) is 1.05. The van der Waals surface area contributed by atoms with Crippen LogP contribution >= 0.6 is 11.3 Å². The van der Waals surface area contributed by atoms with Gasteiger partial charge in [-0.1, -0.05) is 31.4 Å². The Hall–Kier alpha value is -1.46. The van der Waals surface area contributed by atoms with Gasteiger partial charge in [0.15, 0.2) is 0 Å². The number of para-hydroxylation sites is 1. The molecule has 3 rings (SSSR count). The molecule has 0 saturated heterocycles. The molecule has 1 aromatic carbocycles. The molecule has 0 aliphatic heterocycles. The summed E-state index contributed by atoms with van der Waals surface area (Å²) in [6.45, 7) is 1.19. The van der Waals surface area contributed by atoms with Crippen molar-refractivity contribution in [3.05, 3.63) is 29.3 Å². The van der Waals surface area contributed by atoms with E-state index in [1.54, 1.807) is 11.3 Å². The van der Waals surface area contributed by atoms with Gasteiger partial charge < -0.3 is 4.90 Å². The van der Waals surface area contributed by atoms with E-state index >= 15 is 0 Å². The number of carbonyl (C=O) groups excluding carboxylic acids is 1. The molecule has 1 aliphatic carbocycles. The lowest BCUT2D eigenvalue weighted by Crippen LogP contribution is -2.43. The Kier molecular flexibility index (Phi) is 5.28. The third kappa shape index (κ3) is 4.09. The molecule has 0 radical (unpaired) electrons. The number of thiazole rings is 1. The average Bonchev–Trinajstić information content (AvgIpc) is 2.96. The lowest BCUT2D eigenvalue weighted by molar-refractivity contribution is -0.133. The van der Waals surface area contributed by atoms with Crippen molar-refractivity contribution in [2.75, 3.05) is 20.6 Å². The Morgan fingerprint density at radius 3 is 2.70 bits per heavy atom. The van der Waals surface area contributed by atoms with E-state index in [2.05, 4.69) is 16.0 Å². The fourth-order valence-corrected chi connectivity index (χ4v) is 4.34. The minimum atomic E-state index is 0.223. The molecule has 0 N–H and O–H groups in total. The van der Waals surface area contributed by atoms with Gasteiger partial charge >= 0.3 is 0 Å². The van der Waals surface area contributed by atoms with E-state index in [9.17, 15) is 4.79 Å². The molecule has 5 heteroatoms. The number of hydrogen-bond acceptors (Lipinski definition) is 4. The number of benzene rings is 1. The highest BCUT2D eigenvalue weighted by molar-refractivity contribution is 7.18. The summed E-state index contributed by atoms with van der Waals surface area (Å²) in [7, 11) is 3.96.